The maximum absolute atomic E-state index is 10.8. The first-order valence-electron chi connectivity index (χ1n) is 11.1. The van der Waals surface area contributed by atoms with Crippen molar-refractivity contribution in [3.63, 3.8) is 0 Å². The lowest BCUT2D eigenvalue weighted by molar-refractivity contribution is 0.0124. The molecule has 0 radical (unpaired) electrons. The van der Waals surface area contributed by atoms with E-state index in [1.807, 2.05) is 6.92 Å². The summed E-state index contributed by atoms with van der Waals surface area (Å²) in [7, 11) is 1.49. The van der Waals surface area contributed by atoms with E-state index in [0.717, 1.165) is 5.56 Å². The molecule has 3 aromatic rings. The molecule has 34 heavy (non-hydrogen) atoms. The van der Waals surface area contributed by atoms with Gasteiger partial charge in [-0.1, -0.05) is 19.1 Å². The molecule has 0 fully saturated rings. The lowest BCUT2D eigenvalue weighted by atomic mass is 9.93. The van der Waals surface area contributed by atoms with Crippen LogP contribution in [0.5, 0.6) is 40.2 Å². The van der Waals surface area contributed by atoms with E-state index in [9.17, 15) is 20.4 Å². The molecule has 0 saturated carbocycles. The SMILES string of the molecule is CC[C@H]1Oc2ccc([C@H]3Oc4cc(O)cc(O)c4C[C@@H]3O)cc2O[C@@H]1c1ccc(O)c(OC)c1. The fourth-order valence-electron chi connectivity index (χ4n) is 4.53. The summed E-state index contributed by atoms with van der Waals surface area (Å²) in [6.45, 7) is 2.01. The van der Waals surface area contributed by atoms with Crippen molar-refractivity contribution in [2.24, 2.45) is 0 Å². The van der Waals surface area contributed by atoms with Gasteiger partial charge in [-0.3, -0.25) is 0 Å². The van der Waals surface area contributed by atoms with E-state index >= 15 is 0 Å². The van der Waals surface area contributed by atoms with Gasteiger partial charge in [-0.05, 0) is 36.2 Å². The molecule has 0 amide bonds. The average Bonchev–Trinajstić information content (AvgIpc) is 2.83. The predicted octanol–water partition coefficient (Wildman–Crippen LogP) is 4.14. The third-order valence-electron chi connectivity index (χ3n) is 6.29. The topological polar surface area (TPSA) is 118 Å². The first kappa shape index (κ1) is 22.0. The first-order chi connectivity index (χ1) is 16.4. The molecule has 0 aromatic heterocycles. The molecule has 8 nitrogen and oxygen atoms in total. The van der Waals surface area contributed by atoms with Gasteiger partial charge in [-0.25, -0.2) is 0 Å². The fourth-order valence-corrected chi connectivity index (χ4v) is 4.53. The van der Waals surface area contributed by atoms with Crippen LogP contribution in [-0.4, -0.2) is 39.7 Å². The van der Waals surface area contributed by atoms with Crippen LogP contribution in [-0.2, 0) is 6.42 Å². The Balaban J connectivity index is 1.46. The summed E-state index contributed by atoms with van der Waals surface area (Å²) in [6, 6.07) is 13.1. The highest BCUT2D eigenvalue weighted by Gasteiger charge is 2.36. The van der Waals surface area contributed by atoms with Crippen molar-refractivity contribution in [2.45, 2.75) is 44.2 Å². The lowest BCUT2D eigenvalue weighted by Crippen LogP contribution is -2.33. The maximum atomic E-state index is 10.8. The minimum atomic E-state index is -0.911. The molecule has 3 aromatic carbocycles. The van der Waals surface area contributed by atoms with E-state index < -0.39 is 18.3 Å². The highest BCUT2D eigenvalue weighted by atomic mass is 16.6. The van der Waals surface area contributed by atoms with E-state index in [2.05, 4.69) is 0 Å². The number of aromatic hydroxyl groups is 3. The van der Waals surface area contributed by atoms with Crippen LogP contribution in [0.2, 0.25) is 0 Å². The Hall–Kier alpha value is -3.78. The van der Waals surface area contributed by atoms with Crippen molar-refractivity contribution in [1.29, 1.82) is 0 Å². The monoisotopic (exact) mass is 466 g/mol. The smallest absolute Gasteiger partial charge is 0.162 e. The van der Waals surface area contributed by atoms with Crippen molar-refractivity contribution in [2.75, 3.05) is 7.11 Å². The van der Waals surface area contributed by atoms with Crippen LogP contribution in [0, 0.1) is 0 Å². The van der Waals surface area contributed by atoms with Gasteiger partial charge >= 0.3 is 0 Å². The summed E-state index contributed by atoms with van der Waals surface area (Å²) in [5.41, 5.74) is 1.91. The molecule has 2 heterocycles. The van der Waals surface area contributed by atoms with E-state index in [1.165, 1.54) is 19.2 Å². The van der Waals surface area contributed by atoms with Gasteiger partial charge in [-0.15, -0.1) is 0 Å². The van der Waals surface area contributed by atoms with E-state index in [0.29, 0.717) is 40.5 Å². The minimum Gasteiger partial charge on any atom is -0.508 e. The first-order valence-corrected chi connectivity index (χ1v) is 11.1. The Morgan fingerprint density at radius 2 is 1.56 bits per heavy atom. The van der Waals surface area contributed by atoms with E-state index in [4.69, 9.17) is 18.9 Å². The summed E-state index contributed by atoms with van der Waals surface area (Å²) in [5.74, 6) is 1.55. The normalized spacial score (nSPS) is 23.0. The molecule has 2 aliphatic rings. The number of fused-ring (bicyclic) bond motifs is 2. The van der Waals surface area contributed by atoms with Crippen LogP contribution in [0.3, 0.4) is 0 Å². The number of hydrogen-bond acceptors (Lipinski definition) is 8. The summed E-state index contributed by atoms with van der Waals surface area (Å²) >= 11 is 0. The van der Waals surface area contributed by atoms with Gasteiger partial charge in [0.05, 0.1) is 13.2 Å². The number of aliphatic hydroxyl groups is 1. The Morgan fingerprint density at radius 3 is 2.32 bits per heavy atom. The van der Waals surface area contributed by atoms with Crippen LogP contribution in [0.1, 0.15) is 42.2 Å². The average molecular weight is 466 g/mol. The highest BCUT2D eigenvalue weighted by molar-refractivity contribution is 5.52. The van der Waals surface area contributed by atoms with Gasteiger partial charge in [0.1, 0.15) is 29.5 Å². The Bertz CT molecular complexity index is 1220. The van der Waals surface area contributed by atoms with Gasteiger partial charge in [0, 0.05) is 29.7 Å². The van der Waals surface area contributed by atoms with E-state index in [1.54, 1.807) is 36.4 Å². The maximum Gasteiger partial charge on any atom is 0.162 e. The summed E-state index contributed by atoms with van der Waals surface area (Å²) < 4.78 is 23.8. The Morgan fingerprint density at radius 1 is 0.824 bits per heavy atom. The molecular weight excluding hydrogens is 440 g/mol. The molecule has 5 rings (SSSR count). The number of methoxy groups -OCH3 is 1. The molecule has 178 valence electrons. The Labute approximate surface area is 196 Å². The van der Waals surface area contributed by atoms with Crippen molar-refractivity contribution in [3.05, 3.63) is 65.2 Å². The second kappa shape index (κ2) is 8.53. The highest BCUT2D eigenvalue weighted by Crippen LogP contribution is 2.46. The van der Waals surface area contributed by atoms with Crippen molar-refractivity contribution in [1.82, 2.24) is 0 Å². The predicted molar refractivity (Wildman–Crippen MR) is 122 cm³/mol. The molecule has 0 bridgehead atoms. The second-order valence-corrected chi connectivity index (χ2v) is 8.49. The van der Waals surface area contributed by atoms with Crippen LogP contribution in [0.25, 0.3) is 0 Å². The van der Waals surface area contributed by atoms with Gasteiger partial charge in [0.25, 0.3) is 0 Å². The zero-order chi connectivity index (χ0) is 24.0. The third kappa shape index (κ3) is 3.80. The summed E-state index contributed by atoms with van der Waals surface area (Å²) in [4.78, 5) is 0. The van der Waals surface area contributed by atoms with Crippen molar-refractivity contribution < 1.29 is 39.4 Å². The number of phenols is 3. The standard InChI is InChI=1S/C26H26O8/c1-3-20-26(14-4-6-17(28)23(8-14)31-2)34-24-9-13(5-7-21(24)32-20)25-19(30)12-16-18(29)10-15(27)11-22(16)33-25/h4-11,19-20,25-30H,3,12H2,1-2H3/t19-,20+,25+,26+/m0/s1. The lowest BCUT2D eigenvalue weighted by Gasteiger charge is -2.35. The fraction of sp³-hybridized carbons (Fsp3) is 0.308. The molecule has 0 saturated heterocycles. The molecule has 8 heteroatoms. The van der Waals surface area contributed by atoms with Gasteiger partial charge < -0.3 is 39.4 Å². The zero-order valence-corrected chi connectivity index (χ0v) is 18.8. The number of rotatable bonds is 4. The zero-order valence-electron chi connectivity index (χ0n) is 18.8. The van der Waals surface area contributed by atoms with Gasteiger partial charge in [-0.2, -0.15) is 0 Å². The quantitative estimate of drug-likeness (QED) is 0.453. The number of ether oxygens (including phenoxy) is 4. The molecule has 2 aliphatic heterocycles. The number of phenolic OH excluding ortho intramolecular Hbond substituents is 3. The largest absolute Gasteiger partial charge is 0.508 e. The molecule has 4 N–H and O–H groups in total. The minimum absolute atomic E-state index is 0.0412. The second-order valence-electron chi connectivity index (χ2n) is 8.49. The van der Waals surface area contributed by atoms with E-state index in [-0.39, 0.29) is 29.8 Å². The molecule has 0 unspecified atom stereocenters. The van der Waals surface area contributed by atoms with Gasteiger partial charge in [0.15, 0.2) is 29.1 Å². The van der Waals surface area contributed by atoms with Crippen LogP contribution >= 0.6 is 0 Å². The van der Waals surface area contributed by atoms with Crippen molar-refractivity contribution in [3.8, 4) is 40.2 Å². The van der Waals surface area contributed by atoms with Crippen LogP contribution in [0.4, 0.5) is 0 Å². The number of benzene rings is 3. The molecule has 0 spiro atoms. The Kier molecular flexibility index (Phi) is 5.53. The van der Waals surface area contributed by atoms with Gasteiger partial charge in [0.2, 0.25) is 0 Å². The molecular formula is C26H26O8. The van der Waals surface area contributed by atoms with Crippen LogP contribution < -0.4 is 18.9 Å². The van der Waals surface area contributed by atoms with Crippen molar-refractivity contribution >= 4 is 0 Å². The van der Waals surface area contributed by atoms with Crippen LogP contribution in [0.15, 0.2) is 48.5 Å². The molecule has 4 atom stereocenters. The number of aliphatic hydroxyl groups excluding tert-OH is 1. The summed E-state index contributed by atoms with van der Waals surface area (Å²) in [6.07, 6.45) is -1.45. The number of hydrogen-bond donors (Lipinski definition) is 4. The third-order valence-corrected chi connectivity index (χ3v) is 6.29. The summed E-state index contributed by atoms with van der Waals surface area (Å²) in [5, 5.41) is 40.6. The molecule has 0 aliphatic carbocycles.